The summed E-state index contributed by atoms with van der Waals surface area (Å²) < 4.78 is 85.5. The lowest BCUT2D eigenvalue weighted by atomic mass is 10.1. The number of pyridine rings is 1. The number of nitrogens with one attached hydrogen (secondary N) is 1. The molecule has 0 fully saturated rings. The standard InChI is InChI=1S/C22H15F6N5O2S/c23-21(24,25)14-8-15(22(26,27)28)10-16(9-14)30-18(34)12-36-20-32-31-19(13-3-5-29-6-4-13)33(20)11-17-2-1-7-35-17/h1-10H,11-12H2,(H,30,34). The molecular weight excluding hydrogens is 512 g/mol. The molecule has 0 bridgehead atoms. The van der Waals surface area contributed by atoms with Crippen molar-refractivity contribution >= 4 is 23.4 Å². The van der Waals surface area contributed by atoms with E-state index >= 15 is 0 Å². The normalized spacial score (nSPS) is 12.1. The summed E-state index contributed by atoms with van der Waals surface area (Å²) in [5, 5.41) is 10.6. The molecule has 4 aromatic rings. The maximum atomic E-state index is 13.1. The summed E-state index contributed by atoms with van der Waals surface area (Å²) in [6.45, 7) is 0.212. The second kappa shape index (κ2) is 10.0. The fraction of sp³-hybridized carbons (Fsp3) is 0.182. The predicted octanol–water partition coefficient (Wildman–Crippen LogP) is 5.75. The lowest BCUT2D eigenvalue weighted by Gasteiger charge is -2.14. The van der Waals surface area contributed by atoms with Crippen molar-refractivity contribution in [1.82, 2.24) is 19.7 Å². The number of halogens is 6. The van der Waals surface area contributed by atoms with Crippen molar-refractivity contribution in [3.05, 3.63) is 78.0 Å². The van der Waals surface area contributed by atoms with Gasteiger partial charge in [-0.15, -0.1) is 10.2 Å². The van der Waals surface area contributed by atoms with Gasteiger partial charge in [0.25, 0.3) is 0 Å². The number of hydrogen-bond acceptors (Lipinski definition) is 6. The Kier molecular flexibility index (Phi) is 7.06. The molecule has 4 rings (SSSR count). The van der Waals surface area contributed by atoms with Crippen LogP contribution in [0.3, 0.4) is 0 Å². The van der Waals surface area contributed by atoms with E-state index in [0.717, 1.165) is 11.8 Å². The Bertz CT molecular complexity index is 1310. The van der Waals surface area contributed by atoms with Crippen LogP contribution in [0.4, 0.5) is 32.0 Å². The quantitative estimate of drug-likeness (QED) is 0.243. The van der Waals surface area contributed by atoms with Crippen LogP contribution in [0.5, 0.6) is 0 Å². The minimum absolute atomic E-state index is 0.0118. The topological polar surface area (TPSA) is 85.8 Å². The lowest BCUT2D eigenvalue weighted by Crippen LogP contribution is -2.17. The Morgan fingerprint density at radius 1 is 0.972 bits per heavy atom. The zero-order valence-corrected chi connectivity index (χ0v) is 18.8. The molecule has 0 radical (unpaired) electrons. The van der Waals surface area contributed by atoms with Gasteiger partial charge in [0, 0.05) is 23.6 Å². The van der Waals surface area contributed by atoms with Crippen molar-refractivity contribution in [1.29, 1.82) is 0 Å². The van der Waals surface area contributed by atoms with E-state index in [4.69, 9.17) is 4.42 Å². The van der Waals surface area contributed by atoms with E-state index < -0.39 is 35.1 Å². The van der Waals surface area contributed by atoms with Gasteiger partial charge >= 0.3 is 12.4 Å². The number of nitrogens with zero attached hydrogens (tertiary/aromatic N) is 4. The fourth-order valence-corrected chi connectivity index (χ4v) is 3.90. The van der Waals surface area contributed by atoms with Gasteiger partial charge < -0.3 is 9.73 Å². The van der Waals surface area contributed by atoms with E-state index in [0.29, 0.717) is 29.3 Å². The molecule has 0 aliphatic rings. The van der Waals surface area contributed by atoms with E-state index in [9.17, 15) is 31.1 Å². The van der Waals surface area contributed by atoms with Gasteiger partial charge in [-0.3, -0.25) is 14.3 Å². The molecule has 1 N–H and O–H groups in total. The number of carbonyl (C=O) groups is 1. The van der Waals surface area contributed by atoms with Gasteiger partial charge in [0.15, 0.2) is 11.0 Å². The first-order valence-electron chi connectivity index (χ1n) is 10.1. The molecule has 3 heterocycles. The molecule has 1 amide bonds. The summed E-state index contributed by atoms with van der Waals surface area (Å²) in [5.41, 5.74) is -3.00. The third-order valence-corrected chi connectivity index (χ3v) is 5.72. The van der Waals surface area contributed by atoms with Gasteiger partial charge in [-0.05, 0) is 42.5 Å². The Balaban J connectivity index is 1.54. The highest BCUT2D eigenvalue weighted by Gasteiger charge is 2.37. The van der Waals surface area contributed by atoms with E-state index in [1.807, 2.05) is 0 Å². The molecule has 7 nitrogen and oxygen atoms in total. The van der Waals surface area contributed by atoms with E-state index in [2.05, 4.69) is 20.5 Å². The van der Waals surface area contributed by atoms with Gasteiger partial charge in [-0.25, -0.2) is 0 Å². The molecule has 0 spiro atoms. The molecule has 188 valence electrons. The Labute approximate surface area is 203 Å². The maximum Gasteiger partial charge on any atom is 0.416 e. The highest BCUT2D eigenvalue weighted by atomic mass is 32.2. The average Bonchev–Trinajstić information content (AvgIpc) is 3.47. The zero-order valence-electron chi connectivity index (χ0n) is 18.0. The highest BCUT2D eigenvalue weighted by Crippen LogP contribution is 2.37. The van der Waals surface area contributed by atoms with E-state index in [1.165, 1.54) is 6.26 Å². The van der Waals surface area contributed by atoms with Crippen LogP contribution >= 0.6 is 11.8 Å². The largest absolute Gasteiger partial charge is 0.467 e. The monoisotopic (exact) mass is 527 g/mol. The summed E-state index contributed by atoms with van der Waals surface area (Å²) in [4.78, 5) is 16.4. The van der Waals surface area contributed by atoms with E-state index in [-0.39, 0.29) is 23.5 Å². The summed E-state index contributed by atoms with van der Waals surface area (Å²) in [5.74, 6) is -0.167. The molecule has 1 aromatic carbocycles. The molecule has 0 saturated heterocycles. The number of rotatable bonds is 7. The van der Waals surface area contributed by atoms with Gasteiger partial charge in [0.2, 0.25) is 5.91 Å². The highest BCUT2D eigenvalue weighted by molar-refractivity contribution is 7.99. The number of carbonyl (C=O) groups excluding carboxylic acids is 1. The number of benzene rings is 1. The van der Waals surface area contributed by atoms with Crippen molar-refractivity contribution in [3.63, 3.8) is 0 Å². The molecule has 3 aromatic heterocycles. The van der Waals surface area contributed by atoms with Crippen molar-refractivity contribution in [2.45, 2.75) is 24.1 Å². The Morgan fingerprint density at radius 2 is 1.64 bits per heavy atom. The van der Waals surface area contributed by atoms with Crippen LogP contribution in [0.1, 0.15) is 16.9 Å². The van der Waals surface area contributed by atoms with Gasteiger partial charge in [0.1, 0.15) is 5.76 Å². The smallest absolute Gasteiger partial charge is 0.416 e. The molecular formula is C22H15F6N5O2S. The SMILES string of the molecule is O=C(CSc1nnc(-c2ccncc2)n1Cc1ccco1)Nc1cc(C(F)(F)F)cc(C(F)(F)F)c1. The van der Waals surface area contributed by atoms with Crippen LogP contribution in [0, 0.1) is 0 Å². The lowest BCUT2D eigenvalue weighted by molar-refractivity contribution is -0.143. The first-order chi connectivity index (χ1) is 17.0. The maximum absolute atomic E-state index is 13.1. The molecule has 36 heavy (non-hydrogen) atoms. The van der Waals surface area contributed by atoms with Gasteiger partial charge in [-0.1, -0.05) is 11.8 Å². The fourth-order valence-electron chi connectivity index (χ4n) is 3.17. The van der Waals surface area contributed by atoms with E-state index in [1.54, 1.807) is 41.2 Å². The molecule has 14 heteroatoms. The average molecular weight is 527 g/mol. The Morgan fingerprint density at radius 3 is 2.22 bits per heavy atom. The predicted molar refractivity (Wildman–Crippen MR) is 117 cm³/mol. The third kappa shape index (κ3) is 6.05. The Hall–Kier alpha value is -3.81. The summed E-state index contributed by atoms with van der Waals surface area (Å²) in [7, 11) is 0. The van der Waals surface area contributed by atoms with Crippen molar-refractivity contribution in [3.8, 4) is 11.4 Å². The number of alkyl halides is 6. The number of furan rings is 1. The third-order valence-electron chi connectivity index (χ3n) is 4.75. The molecule has 0 aliphatic carbocycles. The van der Waals surface area contributed by atoms with Crippen LogP contribution < -0.4 is 5.32 Å². The van der Waals surface area contributed by atoms with Crippen molar-refractivity contribution in [2.75, 3.05) is 11.1 Å². The number of hydrogen-bond donors (Lipinski definition) is 1. The molecule has 0 saturated carbocycles. The van der Waals surface area contributed by atoms with Crippen LogP contribution in [0.2, 0.25) is 0 Å². The number of amides is 1. The second-order valence-corrected chi connectivity index (χ2v) is 8.28. The molecule has 0 aliphatic heterocycles. The first kappa shape index (κ1) is 25.3. The first-order valence-corrected chi connectivity index (χ1v) is 11.1. The zero-order chi connectivity index (χ0) is 25.9. The number of thioether (sulfide) groups is 1. The number of anilines is 1. The second-order valence-electron chi connectivity index (χ2n) is 7.34. The van der Waals surface area contributed by atoms with Crippen LogP contribution in [0.25, 0.3) is 11.4 Å². The minimum Gasteiger partial charge on any atom is -0.467 e. The van der Waals surface area contributed by atoms with Gasteiger partial charge in [0.05, 0.1) is 29.7 Å². The summed E-state index contributed by atoms with van der Waals surface area (Å²) >= 11 is 0.907. The van der Waals surface area contributed by atoms with Crippen molar-refractivity contribution < 1.29 is 35.6 Å². The van der Waals surface area contributed by atoms with Crippen LogP contribution in [0.15, 0.2) is 70.7 Å². The molecule has 0 atom stereocenters. The number of aromatic nitrogens is 4. The van der Waals surface area contributed by atoms with Crippen LogP contribution in [-0.4, -0.2) is 31.4 Å². The van der Waals surface area contributed by atoms with Crippen molar-refractivity contribution in [2.24, 2.45) is 0 Å². The summed E-state index contributed by atoms with van der Waals surface area (Å²) in [6, 6.07) is 7.70. The minimum atomic E-state index is -5.03. The van der Waals surface area contributed by atoms with Crippen LogP contribution in [-0.2, 0) is 23.7 Å². The summed E-state index contributed by atoms with van der Waals surface area (Å²) in [6.07, 6.45) is -5.45. The van der Waals surface area contributed by atoms with Gasteiger partial charge in [-0.2, -0.15) is 26.3 Å². The molecule has 0 unspecified atom stereocenters.